The van der Waals surface area contributed by atoms with E-state index in [0.717, 1.165) is 12.3 Å². The summed E-state index contributed by atoms with van der Waals surface area (Å²) >= 11 is 0. The summed E-state index contributed by atoms with van der Waals surface area (Å²) in [6.07, 6.45) is -9.28. The molecule has 132 valence electrons. The molecule has 12 heteroatoms. The normalized spacial score (nSPS) is 15.8. The third-order valence-corrected chi connectivity index (χ3v) is 2.80. The van der Waals surface area contributed by atoms with Crippen LogP contribution in [0.4, 0.5) is 0 Å². The van der Waals surface area contributed by atoms with Crippen molar-refractivity contribution >= 4 is 23.9 Å². The first kappa shape index (κ1) is 19.1. The molecule has 0 saturated heterocycles. The Bertz CT molecular complexity index is 646. The van der Waals surface area contributed by atoms with E-state index in [2.05, 4.69) is 9.15 Å². The fourth-order valence-corrected chi connectivity index (χ4v) is 1.58. The summed E-state index contributed by atoms with van der Waals surface area (Å²) in [5.74, 6) is -8.01. The minimum absolute atomic E-state index is 0.648. The van der Waals surface area contributed by atoms with Gasteiger partial charge in [-0.3, -0.25) is 0 Å². The first-order valence-corrected chi connectivity index (χ1v) is 6.09. The van der Waals surface area contributed by atoms with Crippen molar-refractivity contribution in [1.29, 1.82) is 0 Å². The standard InChI is InChI=1S/C12H12O12/c13-4(6(15)10(18)19)5(14)8(11(20)21)24-12(22)7-3(9(16)17)1-2-23-7/h1-2,4-6,8,13-15H,(H,16,17)(H,18,19)(H,20,21)/t4-,5+,6+,8-/m1/s1. The molecule has 0 bridgehead atoms. The number of carboxylic acid groups (broad SMARTS) is 3. The van der Waals surface area contributed by atoms with Crippen LogP contribution in [-0.4, -0.2) is 78.9 Å². The van der Waals surface area contributed by atoms with Crippen molar-refractivity contribution in [3.63, 3.8) is 0 Å². The summed E-state index contributed by atoms with van der Waals surface area (Å²) < 4.78 is 8.91. The second-order valence-electron chi connectivity index (χ2n) is 4.40. The van der Waals surface area contributed by atoms with Gasteiger partial charge in [0, 0.05) is 0 Å². The molecule has 0 fully saturated rings. The maximum absolute atomic E-state index is 11.8. The molecule has 0 saturated carbocycles. The molecule has 6 N–H and O–H groups in total. The zero-order valence-electron chi connectivity index (χ0n) is 11.6. The Hall–Kier alpha value is -2.96. The van der Waals surface area contributed by atoms with E-state index in [1.165, 1.54) is 0 Å². The topological polar surface area (TPSA) is 212 Å². The highest BCUT2D eigenvalue weighted by Crippen LogP contribution is 2.16. The van der Waals surface area contributed by atoms with Gasteiger partial charge in [-0.15, -0.1) is 0 Å². The molecule has 1 heterocycles. The number of carboxylic acids is 3. The third-order valence-electron chi connectivity index (χ3n) is 2.80. The van der Waals surface area contributed by atoms with Crippen molar-refractivity contribution in [1.82, 2.24) is 0 Å². The molecule has 4 atom stereocenters. The molecule has 24 heavy (non-hydrogen) atoms. The molecule has 0 radical (unpaired) electrons. The largest absolute Gasteiger partial charge is 0.479 e. The number of aliphatic hydroxyl groups is 3. The Kier molecular flexibility index (Phi) is 6.00. The van der Waals surface area contributed by atoms with Gasteiger partial charge in [-0.2, -0.15) is 0 Å². The number of esters is 1. The average molecular weight is 348 g/mol. The fraction of sp³-hybridized carbons (Fsp3) is 0.333. The van der Waals surface area contributed by atoms with Crippen LogP contribution < -0.4 is 0 Å². The number of furan rings is 1. The van der Waals surface area contributed by atoms with Gasteiger partial charge in [-0.1, -0.05) is 0 Å². The third kappa shape index (κ3) is 4.07. The zero-order valence-corrected chi connectivity index (χ0v) is 11.6. The van der Waals surface area contributed by atoms with Gasteiger partial charge in [0.2, 0.25) is 11.9 Å². The van der Waals surface area contributed by atoms with E-state index in [-0.39, 0.29) is 0 Å². The first-order valence-electron chi connectivity index (χ1n) is 6.09. The Morgan fingerprint density at radius 2 is 1.54 bits per heavy atom. The summed E-state index contributed by atoms with van der Waals surface area (Å²) in [5.41, 5.74) is -0.648. The van der Waals surface area contributed by atoms with Crippen LogP contribution in [-0.2, 0) is 14.3 Å². The van der Waals surface area contributed by atoms with Gasteiger partial charge in [0.1, 0.15) is 17.8 Å². The monoisotopic (exact) mass is 348 g/mol. The summed E-state index contributed by atoms with van der Waals surface area (Å²) in [6, 6.07) is 0.883. The maximum Gasteiger partial charge on any atom is 0.376 e. The molecule has 0 aliphatic carbocycles. The molecule has 0 spiro atoms. The molecule has 1 rings (SSSR count). The Labute approximate surface area is 132 Å². The zero-order chi connectivity index (χ0) is 18.6. The maximum atomic E-state index is 11.8. The molecular weight excluding hydrogens is 336 g/mol. The molecule has 0 amide bonds. The summed E-state index contributed by atoms with van der Waals surface area (Å²) in [5, 5.41) is 54.3. The van der Waals surface area contributed by atoms with Crippen LogP contribution in [0.5, 0.6) is 0 Å². The lowest BCUT2D eigenvalue weighted by Crippen LogP contribution is -2.51. The molecule has 0 aliphatic heterocycles. The van der Waals surface area contributed by atoms with Gasteiger partial charge < -0.3 is 39.8 Å². The number of carbonyl (C=O) groups excluding carboxylic acids is 1. The van der Waals surface area contributed by atoms with Gasteiger partial charge in [0.05, 0.1) is 6.26 Å². The number of hydrogen-bond donors (Lipinski definition) is 6. The summed E-state index contributed by atoms with van der Waals surface area (Å²) in [4.78, 5) is 44.2. The lowest BCUT2D eigenvalue weighted by Gasteiger charge is -2.24. The smallest absolute Gasteiger partial charge is 0.376 e. The van der Waals surface area contributed by atoms with Crippen molar-refractivity contribution in [3.8, 4) is 0 Å². The molecular formula is C12H12O12. The van der Waals surface area contributed by atoms with Crippen LogP contribution >= 0.6 is 0 Å². The van der Waals surface area contributed by atoms with Crippen molar-refractivity contribution in [3.05, 3.63) is 23.7 Å². The highest BCUT2D eigenvalue weighted by atomic mass is 16.6. The molecule has 0 unspecified atom stereocenters. The van der Waals surface area contributed by atoms with Gasteiger partial charge in [0.15, 0.2) is 6.10 Å². The lowest BCUT2D eigenvalue weighted by molar-refractivity contribution is -0.173. The lowest BCUT2D eigenvalue weighted by atomic mass is 10.0. The number of carbonyl (C=O) groups is 4. The minimum atomic E-state index is -2.56. The second kappa shape index (κ2) is 7.54. The number of aliphatic carboxylic acids is 2. The SMILES string of the molecule is O=C(O)c1ccoc1C(=O)O[C@@H](C(=O)O)[C@@H](O)[C@@H](O)[C@H](O)C(=O)O. The quantitative estimate of drug-likeness (QED) is 0.275. The molecule has 0 aliphatic rings. The van der Waals surface area contributed by atoms with E-state index < -0.39 is 59.6 Å². The first-order chi connectivity index (χ1) is 11.1. The van der Waals surface area contributed by atoms with Gasteiger partial charge >= 0.3 is 23.9 Å². The molecule has 1 aromatic heterocycles. The Morgan fingerprint density at radius 3 is 2.00 bits per heavy atom. The van der Waals surface area contributed by atoms with Gasteiger partial charge in [-0.25, -0.2) is 19.2 Å². The van der Waals surface area contributed by atoms with Gasteiger partial charge in [0.25, 0.3) is 0 Å². The predicted molar refractivity (Wildman–Crippen MR) is 68.2 cm³/mol. The second-order valence-corrected chi connectivity index (χ2v) is 4.40. The van der Waals surface area contributed by atoms with Crippen molar-refractivity contribution < 1.29 is 59.0 Å². The van der Waals surface area contributed by atoms with E-state index in [4.69, 9.17) is 20.4 Å². The van der Waals surface area contributed by atoms with E-state index in [0.29, 0.717) is 0 Å². The highest BCUT2D eigenvalue weighted by Gasteiger charge is 2.41. The van der Waals surface area contributed by atoms with Crippen LogP contribution in [0.25, 0.3) is 0 Å². The minimum Gasteiger partial charge on any atom is -0.479 e. The van der Waals surface area contributed by atoms with E-state index in [1.54, 1.807) is 0 Å². The number of hydrogen-bond acceptors (Lipinski definition) is 9. The van der Waals surface area contributed by atoms with Crippen LogP contribution in [0, 0.1) is 0 Å². The average Bonchev–Trinajstić information content (AvgIpc) is 2.99. The number of ether oxygens (including phenoxy) is 1. The molecule has 1 aromatic rings. The molecule has 0 aromatic carbocycles. The van der Waals surface area contributed by atoms with Crippen LogP contribution in [0.1, 0.15) is 20.9 Å². The predicted octanol–water partition coefficient (Wildman–Crippen LogP) is -2.24. The van der Waals surface area contributed by atoms with Gasteiger partial charge in [-0.05, 0) is 6.07 Å². The number of aliphatic hydroxyl groups excluding tert-OH is 3. The van der Waals surface area contributed by atoms with Crippen molar-refractivity contribution in [2.24, 2.45) is 0 Å². The Balaban J connectivity index is 2.99. The van der Waals surface area contributed by atoms with E-state index >= 15 is 0 Å². The summed E-state index contributed by atoms with van der Waals surface area (Å²) in [6.45, 7) is 0. The van der Waals surface area contributed by atoms with Crippen LogP contribution in [0.2, 0.25) is 0 Å². The van der Waals surface area contributed by atoms with Crippen LogP contribution in [0.15, 0.2) is 16.7 Å². The van der Waals surface area contributed by atoms with E-state index in [9.17, 15) is 29.4 Å². The van der Waals surface area contributed by atoms with Crippen molar-refractivity contribution in [2.75, 3.05) is 0 Å². The van der Waals surface area contributed by atoms with Crippen molar-refractivity contribution in [2.45, 2.75) is 24.4 Å². The Morgan fingerprint density at radius 1 is 0.958 bits per heavy atom. The molecule has 12 nitrogen and oxygen atoms in total. The number of rotatable bonds is 8. The number of aromatic carboxylic acids is 1. The fourth-order valence-electron chi connectivity index (χ4n) is 1.58. The van der Waals surface area contributed by atoms with Crippen LogP contribution in [0.3, 0.4) is 0 Å². The summed E-state index contributed by atoms with van der Waals surface area (Å²) in [7, 11) is 0. The highest BCUT2D eigenvalue weighted by molar-refractivity contribution is 6.01. The van der Waals surface area contributed by atoms with E-state index in [1.807, 2.05) is 0 Å².